The van der Waals surface area contributed by atoms with Gasteiger partial charge in [-0.15, -0.1) is 0 Å². The van der Waals surface area contributed by atoms with Gasteiger partial charge in [-0.1, -0.05) is 30.8 Å². The fourth-order valence-electron chi connectivity index (χ4n) is 3.57. The first kappa shape index (κ1) is 20.2. The number of aliphatic hydroxyl groups excluding tert-OH is 1. The summed E-state index contributed by atoms with van der Waals surface area (Å²) >= 11 is 4.94. The molecule has 2 aliphatic heterocycles. The third-order valence-corrected chi connectivity index (χ3v) is 5.27. The van der Waals surface area contributed by atoms with E-state index < -0.39 is 52.2 Å². The number of halogens is 6. The predicted octanol–water partition coefficient (Wildman–Crippen LogP) is 4.31. The van der Waals surface area contributed by atoms with Crippen molar-refractivity contribution in [3.8, 4) is 0 Å². The van der Waals surface area contributed by atoms with Crippen LogP contribution in [0.25, 0.3) is 0 Å². The van der Waals surface area contributed by atoms with E-state index in [1.165, 1.54) is 6.07 Å². The Bertz CT molecular complexity index is 768. The van der Waals surface area contributed by atoms with Crippen molar-refractivity contribution in [2.24, 2.45) is 4.99 Å². The average molecular weight is 410 g/mol. The summed E-state index contributed by atoms with van der Waals surface area (Å²) in [5.41, 5.74) is -3.80. The summed E-state index contributed by atoms with van der Waals surface area (Å²) in [6, 6.07) is 2.44. The lowest BCUT2D eigenvalue weighted by molar-refractivity contribution is -0.137. The topological polar surface area (TPSA) is 44.6 Å². The summed E-state index contributed by atoms with van der Waals surface area (Å²) in [6.07, 6.45) is -9.21. The summed E-state index contributed by atoms with van der Waals surface area (Å²) in [5.74, 6) is -1.40. The van der Waals surface area contributed by atoms with E-state index in [9.17, 15) is 31.4 Å². The minimum Gasteiger partial charge on any atom is -0.390 e. The molecule has 0 aliphatic carbocycles. The Balaban J connectivity index is 2.16. The highest BCUT2D eigenvalue weighted by Gasteiger charge is 2.48. The molecule has 3 unspecified atom stereocenters. The molecule has 3 atom stereocenters. The van der Waals surface area contributed by atoms with Crippen molar-refractivity contribution in [3.05, 3.63) is 29.3 Å². The molecule has 1 fully saturated rings. The van der Waals surface area contributed by atoms with Crippen LogP contribution in [0.1, 0.15) is 36.3 Å². The van der Waals surface area contributed by atoms with E-state index in [2.05, 4.69) is 10.3 Å². The first-order valence-electron chi connectivity index (χ1n) is 8.33. The largest absolute Gasteiger partial charge is 0.434 e. The van der Waals surface area contributed by atoms with E-state index in [4.69, 9.17) is 12.2 Å². The molecule has 0 amide bonds. The molecule has 0 aromatic heterocycles. The molecule has 1 aromatic rings. The Morgan fingerprint density at radius 3 is 2.37 bits per heavy atom. The summed E-state index contributed by atoms with van der Waals surface area (Å²) in [7, 11) is 0. The molecular weight excluding hydrogens is 394 g/mol. The SMILES string of the molecule is OC(C1CCCCN1)C1C(=S)C(C(F)(F)F)=Nc2c1cccc2C(F)(F)F. The summed E-state index contributed by atoms with van der Waals surface area (Å²) in [6.45, 7) is 0.566. The number of para-hydroxylation sites is 1. The molecule has 0 spiro atoms. The number of aliphatic imine (C=N–C) groups is 1. The molecule has 0 radical (unpaired) electrons. The van der Waals surface area contributed by atoms with Crippen molar-refractivity contribution in [2.45, 2.75) is 49.7 Å². The number of thiocarbonyl (C=S) groups is 1. The van der Waals surface area contributed by atoms with Gasteiger partial charge < -0.3 is 10.4 Å². The smallest absolute Gasteiger partial charge is 0.390 e. The third-order valence-electron chi connectivity index (χ3n) is 4.82. The predicted molar refractivity (Wildman–Crippen MR) is 91.6 cm³/mol. The molecule has 148 valence electrons. The van der Waals surface area contributed by atoms with Gasteiger partial charge >= 0.3 is 12.4 Å². The molecule has 0 saturated carbocycles. The summed E-state index contributed by atoms with van der Waals surface area (Å²) in [5, 5.41) is 13.8. The van der Waals surface area contributed by atoms with Crippen molar-refractivity contribution in [1.29, 1.82) is 0 Å². The maximum Gasteiger partial charge on any atom is 0.434 e. The lowest BCUT2D eigenvalue weighted by Gasteiger charge is -2.36. The molecule has 10 heteroatoms. The molecule has 2 aliphatic rings. The lowest BCUT2D eigenvalue weighted by Crippen LogP contribution is -2.50. The number of fused-ring (bicyclic) bond motifs is 1. The van der Waals surface area contributed by atoms with E-state index in [1.807, 2.05) is 0 Å². The number of benzene rings is 1. The van der Waals surface area contributed by atoms with Gasteiger partial charge in [0.25, 0.3) is 0 Å². The van der Waals surface area contributed by atoms with Gasteiger partial charge in [0.05, 0.1) is 28.1 Å². The number of hydrogen-bond acceptors (Lipinski definition) is 4. The van der Waals surface area contributed by atoms with E-state index >= 15 is 0 Å². The molecule has 27 heavy (non-hydrogen) atoms. The molecule has 1 saturated heterocycles. The maximum atomic E-state index is 13.4. The Labute approximate surface area is 156 Å². The highest BCUT2D eigenvalue weighted by Crippen LogP contribution is 2.46. The molecule has 1 aromatic carbocycles. The van der Waals surface area contributed by atoms with E-state index in [0.717, 1.165) is 18.9 Å². The normalized spacial score (nSPS) is 25.0. The fraction of sp³-hybridized carbons (Fsp3) is 0.529. The van der Waals surface area contributed by atoms with Gasteiger partial charge in [0.15, 0.2) is 5.71 Å². The Kier molecular flexibility index (Phi) is 5.35. The van der Waals surface area contributed by atoms with Gasteiger partial charge in [0.2, 0.25) is 0 Å². The second-order valence-electron chi connectivity index (χ2n) is 6.59. The van der Waals surface area contributed by atoms with Gasteiger partial charge in [0, 0.05) is 6.04 Å². The number of alkyl halides is 6. The standard InChI is InChI=1S/C17H16F6N2OS/c18-16(19,20)9-5-3-4-8-11(13(26)10-6-1-2-7-24-10)14(27)15(17(21,22)23)25-12(8)9/h3-5,10-11,13,24,26H,1-2,6-7H2. The minimum absolute atomic E-state index is 0.136. The van der Waals surface area contributed by atoms with Crippen molar-refractivity contribution in [3.63, 3.8) is 0 Å². The first-order chi connectivity index (χ1) is 12.5. The summed E-state index contributed by atoms with van der Waals surface area (Å²) in [4.78, 5) is 2.55. The number of nitrogens with zero attached hydrogens (tertiary/aromatic N) is 1. The summed E-state index contributed by atoms with van der Waals surface area (Å²) < 4.78 is 80.2. The van der Waals surface area contributed by atoms with Crippen LogP contribution in [0.3, 0.4) is 0 Å². The zero-order chi connectivity index (χ0) is 20.0. The van der Waals surface area contributed by atoms with Gasteiger partial charge in [-0.25, -0.2) is 4.99 Å². The van der Waals surface area contributed by atoms with Gasteiger partial charge in [-0.05, 0) is 31.0 Å². The number of nitrogens with one attached hydrogen (secondary N) is 1. The molecule has 0 bridgehead atoms. The first-order valence-corrected chi connectivity index (χ1v) is 8.74. The van der Waals surface area contributed by atoms with E-state index in [1.54, 1.807) is 0 Å². The van der Waals surface area contributed by atoms with Crippen molar-refractivity contribution < 1.29 is 31.4 Å². The molecule has 2 heterocycles. The van der Waals surface area contributed by atoms with Crippen LogP contribution in [0.5, 0.6) is 0 Å². The van der Waals surface area contributed by atoms with Gasteiger partial charge in [-0.3, -0.25) is 0 Å². The molecule has 3 nitrogen and oxygen atoms in total. The molecule has 3 rings (SSSR count). The average Bonchev–Trinajstić information content (AvgIpc) is 2.59. The molecular formula is C17H16F6N2OS. The third kappa shape index (κ3) is 3.88. The van der Waals surface area contributed by atoms with Crippen LogP contribution < -0.4 is 5.32 Å². The number of aliphatic hydroxyl groups is 1. The van der Waals surface area contributed by atoms with Crippen LogP contribution in [-0.4, -0.2) is 40.5 Å². The van der Waals surface area contributed by atoms with Crippen molar-refractivity contribution >= 4 is 28.5 Å². The zero-order valence-corrected chi connectivity index (χ0v) is 14.7. The van der Waals surface area contributed by atoms with Crippen LogP contribution in [0.15, 0.2) is 23.2 Å². The fourth-order valence-corrected chi connectivity index (χ4v) is 3.99. The minimum atomic E-state index is -5.02. The second-order valence-corrected chi connectivity index (χ2v) is 7.03. The van der Waals surface area contributed by atoms with Crippen LogP contribution in [0, 0.1) is 0 Å². The van der Waals surface area contributed by atoms with Gasteiger partial charge in [-0.2, -0.15) is 26.3 Å². The number of piperidine rings is 1. The highest BCUT2D eigenvalue weighted by atomic mass is 32.1. The van der Waals surface area contributed by atoms with Crippen LogP contribution in [0.4, 0.5) is 32.0 Å². The molecule has 2 N–H and O–H groups in total. The highest BCUT2D eigenvalue weighted by molar-refractivity contribution is 7.82. The van der Waals surface area contributed by atoms with Crippen molar-refractivity contribution in [1.82, 2.24) is 5.32 Å². The Morgan fingerprint density at radius 2 is 1.81 bits per heavy atom. The van der Waals surface area contributed by atoms with Crippen LogP contribution in [-0.2, 0) is 6.18 Å². The number of rotatable bonds is 2. The Hall–Kier alpha value is -1.52. The second kappa shape index (κ2) is 7.14. The van der Waals surface area contributed by atoms with Gasteiger partial charge in [0.1, 0.15) is 0 Å². The van der Waals surface area contributed by atoms with E-state index in [-0.39, 0.29) is 5.56 Å². The van der Waals surface area contributed by atoms with Crippen LogP contribution >= 0.6 is 12.2 Å². The lowest BCUT2D eigenvalue weighted by atomic mass is 9.79. The number of hydrogen-bond donors (Lipinski definition) is 2. The van der Waals surface area contributed by atoms with Crippen LogP contribution in [0.2, 0.25) is 0 Å². The van der Waals surface area contributed by atoms with Crippen molar-refractivity contribution in [2.75, 3.05) is 6.54 Å². The quantitative estimate of drug-likeness (QED) is 0.564. The van der Waals surface area contributed by atoms with E-state index in [0.29, 0.717) is 19.0 Å². The Morgan fingerprint density at radius 1 is 1.11 bits per heavy atom. The zero-order valence-electron chi connectivity index (χ0n) is 13.9. The monoisotopic (exact) mass is 410 g/mol. The maximum absolute atomic E-state index is 13.4.